The van der Waals surface area contributed by atoms with Crippen molar-refractivity contribution in [3.8, 4) is 0 Å². The molecule has 328 valence electrons. The quantitative estimate of drug-likeness (QED) is 0.0204. The number of unbranched alkanes of at least 4 members (excludes halogenated alkanes) is 4. The van der Waals surface area contributed by atoms with Crippen LogP contribution in [0.1, 0.15) is 117 Å². The fraction of sp³-hybridized carbons (Fsp3) is 0.510. The van der Waals surface area contributed by atoms with Crippen LogP contribution in [0.2, 0.25) is 0 Å². The average molecular weight is 816 g/mol. The first-order chi connectivity index (χ1) is 28.6. The minimum atomic E-state index is -1.15. The monoisotopic (exact) mass is 816 g/mol. The highest BCUT2D eigenvalue weighted by molar-refractivity contribution is 5.70. The third-order valence-corrected chi connectivity index (χ3v) is 8.66. The lowest BCUT2D eigenvalue weighted by atomic mass is 10.1. The van der Waals surface area contributed by atoms with Gasteiger partial charge in [0.25, 0.3) is 0 Å². The van der Waals surface area contributed by atoms with Gasteiger partial charge in [-0.05, 0) is 77.0 Å². The van der Waals surface area contributed by atoms with Crippen LogP contribution in [-0.4, -0.2) is 75.5 Å². The molecule has 0 radical (unpaired) electrons. The number of carboxylic acid groups (broad SMARTS) is 1. The molecule has 0 amide bonds. The molecule has 8 nitrogen and oxygen atoms in total. The molecule has 0 fully saturated rings. The van der Waals surface area contributed by atoms with Gasteiger partial charge in [-0.15, -0.1) is 0 Å². The number of nitrogens with zero attached hydrogens (tertiary/aromatic N) is 1. The van der Waals surface area contributed by atoms with E-state index in [-0.39, 0.29) is 55.5 Å². The highest BCUT2D eigenvalue weighted by atomic mass is 16.6. The maximum absolute atomic E-state index is 12.7. The van der Waals surface area contributed by atoms with Gasteiger partial charge in [0.15, 0.2) is 6.10 Å². The molecule has 59 heavy (non-hydrogen) atoms. The minimum Gasteiger partial charge on any atom is -0.544 e. The molecule has 0 aromatic carbocycles. The summed E-state index contributed by atoms with van der Waals surface area (Å²) in [5.74, 6) is -1.89. The highest BCUT2D eigenvalue weighted by Gasteiger charge is 2.25. The van der Waals surface area contributed by atoms with Crippen molar-refractivity contribution in [2.45, 2.75) is 129 Å². The second-order valence-corrected chi connectivity index (χ2v) is 14.9. The molecular weight excluding hydrogens is 739 g/mol. The standard InChI is InChI=1S/C51H77NO7/c1-6-8-10-12-14-16-18-20-22-23-24-25-26-28-29-31-33-35-37-39-41-49(53)58-46-47(45-57-44-43-48(51(55)56)52(3,4)5)59-50(54)42-40-38-36-34-32-30-27-21-19-17-15-13-11-9-7-2/h8-11,13-17,19-22,24-25,27-30,32-33,35,47-48H,6-7,12,18,23,26,31,34,36-46H2,1-5H3/b10-8+,11-9+,15-13+,16-14+,19-17+,22-20+,25-24+,27-21+,29-28+,32-30+,35-33+. The second kappa shape index (κ2) is 40.3. The molecule has 0 rings (SSSR count). The van der Waals surface area contributed by atoms with Crippen molar-refractivity contribution >= 4 is 17.9 Å². The smallest absolute Gasteiger partial charge is 0.306 e. The molecule has 0 saturated carbocycles. The van der Waals surface area contributed by atoms with Crippen LogP contribution < -0.4 is 5.11 Å². The lowest BCUT2D eigenvalue weighted by molar-refractivity contribution is -0.889. The number of hydrogen-bond donors (Lipinski definition) is 0. The van der Waals surface area contributed by atoms with Crippen LogP contribution in [0.3, 0.4) is 0 Å². The number of carbonyl (C=O) groups is 3. The summed E-state index contributed by atoms with van der Waals surface area (Å²) < 4.78 is 17.0. The van der Waals surface area contributed by atoms with Crippen LogP contribution in [0.25, 0.3) is 0 Å². The molecule has 2 atom stereocenters. The predicted octanol–water partition coefficient (Wildman–Crippen LogP) is 10.7. The maximum Gasteiger partial charge on any atom is 0.306 e. The maximum atomic E-state index is 12.7. The van der Waals surface area contributed by atoms with Gasteiger partial charge in [0.1, 0.15) is 12.6 Å². The number of aliphatic carboxylic acids is 1. The normalized spacial score (nSPS) is 14.3. The van der Waals surface area contributed by atoms with E-state index in [0.29, 0.717) is 12.8 Å². The summed E-state index contributed by atoms with van der Waals surface area (Å²) in [5, 5.41) is 11.6. The Kier molecular flexibility index (Phi) is 37.2. The Bertz CT molecular complexity index is 1420. The summed E-state index contributed by atoms with van der Waals surface area (Å²) >= 11 is 0. The molecule has 8 heteroatoms. The fourth-order valence-electron chi connectivity index (χ4n) is 5.34. The summed E-state index contributed by atoms with van der Waals surface area (Å²) in [6, 6.07) is -0.752. The molecule has 0 bridgehead atoms. The molecule has 0 aromatic heterocycles. The molecule has 0 spiro atoms. The summed E-state index contributed by atoms with van der Waals surface area (Å²) in [4.78, 5) is 36.8. The van der Waals surface area contributed by atoms with Crippen molar-refractivity contribution in [1.29, 1.82) is 0 Å². The first-order valence-electron chi connectivity index (χ1n) is 21.8. The molecule has 0 N–H and O–H groups in total. The first-order valence-corrected chi connectivity index (χ1v) is 21.8. The number of hydrogen-bond acceptors (Lipinski definition) is 7. The minimum absolute atomic E-state index is 0.00579. The molecule has 0 aromatic rings. The lowest BCUT2D eigenvalue weighted by Crippen LogP contribution is -2.55. The summed E-state index contributed by atoms with van der Waals surface area (Å²) in [6.45, 7) is 4.25. The third kappa shape index (κ3) is 38.7. The SMILES string of the molecule is CC/C=C/C=C/C=C/C=C/C=C/CCCCCC(=O)OC(COCCC(C(=O)[O-])[N+](C)(C)C)COC(=O)CCC/C=C/C/C=C/C/C=C/C/C=C/C/C=C/C/C=C/CC. The van der Waals surface area contributed by atoms with Crippen LogP contribution in [0.5, 0.6) is 0 Å². The van der Waals surface area contributed by atoms with Crippen LogP contribution in [0, 0.1) is 0 Å². The number of likely N-dealkylation sites (N-methyl/N-ethyl adjacent to an activating group) is 1. The van der Waals surface area contributed by atoms with Crippen LogP contribution >= 0.6 is 0 Å². The van der Waals surface area contributed by atoms with Crippen LogP contribution in [-0.2, 0) is 28.6 Å². The number of rotatable bonds is 36. The van der Waals surface area contributed by atoms with Gasteiger partial charge in [0.05, 0.1) is 40.3 Å². The van der Waals surface area contributed by atoms with E-state index in [1.54, 1.807) is 21.1 Å². The molecular formula is C51H77NO7. The van der Waals surface area contributed by atoms with Gasteiger partial charge in [0.2, 0.25) is 0 Å². The Balaban J connectivity index is 4.56. The number of esters is 2. The molecule has 0 aliphatic rings. The summed E-state index contributed by atoms with van der Waals surface area (Å²) in [5.41, 5.74) is 0. The van der Waals surface area contributed by atoms with Gasteiger partial charge in [0, 0.05) is 19.3 Å². The van der Waals surface area contributed by atoms with Crippen molar-refractivity contribution in [1.82, 2.24) is 0 Å². The molecule has 0 aliphatic carbocycles. The van der Waals surface area contributed by atoms with Crippen molar-refractivity contribution in [2.24, 2.45) is 0 Å². The molecule has 0 heterocycles. The predicted molar refractivity (Wildman–Crippen MR) is 244 cm³/mol. The van der Waals surface area contributed by atoms with E-state index in [4.69, 9.17) is 14.2 Å². The van der Waals surface area contributed by atoms with Gasteiger partial charge in [-0.1, -0.05) is 154 Å². The largest absolute Gasteiger partial charge is 0.544 e. The van der Waals surface area contributed by atoms with E-state index in [1.165, 1.54) is 0 Å². The zero-order valence-electron chi connectivity index (χ0n) is 37.1. The third-order valence-electron chi connectivity index (χ3n) is 8.66. The topological polar surface area (TPSA) is 102 Å². The zero-order chi connectivity index (χ0) is 43.5. The van der Waals surface area contributed by atoms with Crippen molar-refractivity contribution in [3.05, 3.63) is 134 Å². The van der Waals surface area contributed by atoms with Gasteiger partial charge < -0.3 is 28.6 Å². The second-order valence-electron chi connectivity index (χ2n) is 14.9. The number of quaternary nitrogens is 1. The molecule has 0 saturated heterocycles. The van der Waals surface area contributed by atoms with Crippen molar-refractivity contribution < 1.29 is 38.2 Å². The van der Waals surface area contributed by atoms with E-state index in [0.717, 1.165) is 70.6 Å². The Hall–Kier alpha value is -4.53. The average Bonchev–Trinajstić information content (AvgIpc) is 3.19. The van der Waals surface area contributed by atoms with E-state index < -0.39 is 18.1 Å². The van der Waals surface area contributed by atoms with Crippen LogP contribution in [0.4, 0.5) is 0 Å². The Morgan fingerprint density at radius 1 is 0.525 bits per heavy atom. The number of carboxylic acids is 1. The Morgan fingerprint density at radius 2 is 1.00 bits per heavy atom. The zero-order valence-corrected chi connectivity index (χ0v) is 37.1. The van der Waals surface area contributed by atoms with E-state index in [2.05, 4.69) is 98.9 Å². The van der Waals surface area contributed by atoms with Gasteiger partial charge >= 0.3 is 11.9 Å². The number of ether oxygens (including phenoxy) is 3. The van der Waals surface area contributed by atoms with E-state index in [9.17, 15) is 19.5 Å². The van der Waals surface area contributed by atoms with Crippen LogP contribution in [0.15, 0.2) is 134 Å². The van der Waals surface area contributed by atoms with E-state index in [1.807, 2.05) is 48.6 Å². The number of allylic oxidation sites excluding steroid dienone is 22. The Labute approximate surface area is 358 Å². The van der Waals surface area contributed by atoms with Gasteiger partial charge in [-0.2, -0.15) is 0 Å². The Morgan fingerprint density at radius 3 is 1.53 bits per heavy atom. The van der Waals surface area contributed by atoms with Gasteiger partial charge in [-0.25, -0.2) is 0 Å². The molecule has 0 aliphatic heterocycles. The van der Waals surface area contributed by atoms with Gasteiger partial charge in [-0.3, -0.25) is 9.59 Å². The van der Waals surface area contributed by atoms with E-state index >= 15 is 0 Å². The van der Waals surface area contributed by atoms with Crippen molar-refractivity contribution in [3.63, 3.8) is 0 Å². The van der Waals surface area contributed by atoms with Crippen molar-refractivity contribution in [2.75, 3.05) is 41.0 Å². The number of carbonyl (C=O) groups excluding carboxylic acids is 3. The fourth-order valence-corrected chi connectivity index (χ4v) is 5.34. The highest BCUT2D eigenvalue weighted by Crippen LogP contribution is 2.10. The first kappa shape index (κ1) is 54.5. The molecule has 2 unspecified atom stereocenters. The summed E-state index contributed by atoms with van der Waals surface area (Å²) in [6.07, 6.45) is 57.7. The summed E-state index contributed by atoms with van der Waals surface area (Å²) in [7, 11) is 5.35. The lowest BCUT2D eigenvalue weighted by Gasteiger charge is -2.34.